The van der Waals surface area contributed by atoms with Gasteiger partial charge in [0.2, 0.25) is 0 Å². The van der Waals surface area contributed by atoms with E-state index in [1.807, 2.05) is 0 Å². The molecule has 1 fully saturated rings. The average molecular weight is 319 g/mol. The second kappa shape index (κ2) is 9.91. The van der Waals surface area contributed by atoms with Crippen molar-refractivity contribution in [3.63, 3.8) is 0 Å². The summed E-state index contributed by atoms with van der Waals surface area (Å²) in [5.41, 5.74) is 1.64. The van der Waals surface area contributed by atoms with Crippen LogP contribution in [0, 0.1) is 17.8 Å². The van der Waals surface area contributed by atoms with Crippen molar-refractivity contribution in [1.82, 2.24) is 0 Å². The van der Waals surface area contributed by atoms with E-state index in [-0.39, 0.29) is 58.9 Å². The first-order valence-electron chi connectivity index (χ1n) is 4.98. The Bertz CT molecular complexity index is 238. The molecule has 2 aliphatic rings. The molecular weight excluding hydrogens is 298 g/mol. The van der Waals surface area contributed by atoms with Crippen molar-refractivity contribution in [3.05, 3.63) is 29.7 Å². The molecule has 94 valence electrons. The third-order valence-electron chi connectivity index (χ3n) is 3.26. The van der Waals surface area contributed by atoms with E-state index in [2.05, 4.69) is 32.1 Å². The van der Waals surface area contributed by atoms with Crippen molar-refractivity contribution in [2.75, 3.05) is 0 Å². The monoisotopic (exact) mass is 317 g/mol. The molecule has 0 aromatic rings. The van der Waals surface area contributed by atoms with Gasteiger partial charge in [-0.25, -0.2) is 17.6 Å². The van der Waals surface area contributed by atoms with Crippen LogP contribution >= 0.6 is 37.2 Å². The van der Waals surface area contributed by atoms with Crippen LogP contribution in [-0.4, -0.2) is 0 Å². The molecule has 0 aromatic carbocycles. The van der Waals surface area contributed by atoms with Crippen molar-refractivity contribution in [2.45, 2.75) is 33.1 Å². The third-order valence-corrected chi connectivity index (χ3v) is 3.26. The minimum Gasteiger partial charge on any atom is -0.215 e. The molecule has 0 aromatic heterocycles. The molecule has 0 aliphatic heterocycles. The standard InChI is InChI=1S/C12H17.3ClH.Ti/c1-9-8-10(2)12-7-5-3-4-6-11(9)12;;;;/h3-4,6,10,12H,5,7-8H2,1-2H3;3*1H;/q-1;;;;. The van der Waals surface area contributed by atoms with Gasteiger partial charge in [0.1, 0.15) is 0 Å². The van der Waals surface area contributed by atoms with Gasteiger partial charge in [0.05, 0.1) is 0 Å². The van der Waals surface area contributed by atoms with Gasteiger partial charge < -0.3 is 0 Å². The fraction of sp³-hybridized carbons (Fsp3) is 0.583. The number of halogens is 3. The van der Waals surface area contributed by atoms with Crippen LogP contribution in [0.4, 0.5) is 0 Å². The third kappa shape index (κ3) is 4.66. The number of allylic oxidation sites excluding steroid dienone is 4. The van der Waals surface area contributed by atoms with Gasteiger partial charge in [-0.2, -0.15) is 0 Å². The maximum Gasteiger partial charge on any atom is 0 e. The number of rotatable bonds is 0. The fourth-order valence-electron chi connectivity index (χ4n) is 2.62. The van der Waals surface area contributed by atoms with E-state index in [1.165, 1.54) is 19.3 Å². The van der Waals surface area contributed by atoms with Gasteiger partial charge in [-0.1, -0.05) is 19.3 Å². The topological polar surface area (TPSA) is 0 Å². The summed E-state index contributed by atoms with van der Waals surface area (Å²) in [5, 5.41) is 0. The molecule has 0 nitrogen and oxygen atoms in total. The molecule has 0 spiro atoms. The van der Waals surface area contributed by atoms with Crippen LogP contribution < -0.4 is 0 Å². The summed E-state index contributed by atoms with van der Waals surface area (Å²) in [4.78, 5) is 0. The van der Waals surface area contributed by atoms with E-state index in [4.69, 9.17) is 0 Å². The predicted octanol–water partition coefficient (Wildman–Crippen LogP) is 4.78. The summed E-state index contributed by atoms with van der Waals surface area (Å²) >= 11 is 0. The number of fused-ring (bicyclic) bond motifs is 1. The summed E-state index contributed by atoms with van der Waals surface area (Å²) in [7, 11) is 0. The Balaban J connectivity index is -0.000000422. The second-order valence-corrected chi connectivity index (χ2v) is 4.20. The zero-order valence-corrected chi connectivity index (χ0v) is 13.7. The quantitative estimate of drug-likeness (QED) is 0.445. The van der Waals surface area contributed by atoms with Gasteiger partial charge in [0, 0.05) is 21.7 Å². The van der Waals surface area contributed by atoms with E-state index in [0.29, 0.717) is 0 Å². The first-order valence-corrected chi connectivity index (χ1v) is 4.98. The molecule has 2 aliphatic carbocycles. The smallest absolute Gasteiger partial charge is 0 e. The van der Waals surface area contributed by atoms with Gasteiger partial charge in [0.25, 0.3) is 0 Å². The van der Waals surface area contributed by atoms with Crippen LogP contribution in [0.2, 0.25) is 0 Å². The van der Waals surface area contributed by atoms with Crippen molar-refractivity contribution in [2.24, 2.45) is 11.8 Å². The first-order chi connectivity index (χ1) is 5.79. The minimum absolute atomic E-state index is 0. The molecule has 2 atom stereocenters. The zero-order valence-electron chi connectivity index (χ0n) is 9.73. The van der Waals surface area contributed by atoms with E-state index in [9.17, 15) is 0 Å². The van der Waals surface area contributed by atoms with Gasteiger partial charge in [0.15, 0.2) is 0 Å². The Labute approximate surface area is 133 Å². The molecule has 0 N–H and O–H groups in total. The molecule has 0 saturated heterocycles. The molecule has 1 saturated carbocycles. The molecular formula is C12H20Cl3Ti-. The van der Waals surface area contributed by atoms with Gasteiger partial charge in [-0.05, 0) is 18.8 Å². The Kier molecular flexibility index (Phi) is 13.7. The second-order valence-electron chi connectivity index (χ2n) is 4.20. The van der Waals surface area contributed by atoms with Crippen LogP contribution in [0.3, 0.4) is 0 Å². The SMILES string of the molecule is C[C-]1CC(C)C2CCC=CC=C12.Cl.Cl.Cl.[Ti]. The molecule has 0 radical (unpaired) electrons. The van der Waals surface area contributed by atoms with Crippen LogP contribution in [0.15, 0.2) is 23.8 Å². The van der Waals surface area contributed by atoms with Crippen molar-refractivity contribution in [1.29, 1.82) is 0 Å². The molecule has 16 heavy (non-hydrogen) atoms. The normalized spacial score (nSPS) is 25.9. The molecule has 4 heteroatoms. The van der Waals surface area contributed by atoms with Gasteiger partial charge in [-0.3, -0.25) is 0 Å². The van der Waals surface area contributed by atoms with Crippen molar-refractivity contribution >= 4 is 37.2 Å². The molecule has 2 unspecified atom stereocenters. The Morgan fingerprint density at radius 1 is 1.25 bits per heavy atom. The number of hydrogen-bond donors (Lipinski definition) is 0. The maximum absolute atomic E-state index is 2.39. The van der Waals surface area contributed by atoms with E-state index in [0.717, 1.165) is 11.8 Å². The largest absolute Gasteiger partial charge is 0.215 e. The molecule has 0 heterocycles. The maximum atomic E-state index is 2.39. The molecule has 2 rings (SSSR count). The van der Waals surface area contributed by atoms with Gasteiger partial charge in [-0.15, -0.1) is 56.3 Å². The molecule has 0 amide bonds. The van der Waals surface area contributed by atoms with Crippen LogP contribution in [0.1, 0.15) is 33.1 Å². The number of hydrogen-bond acceptors (Lipinski definition) is 0. The Morgan fingerprint density at radius 3 is 2.50 bits per heavy atom. The summed E-state index contributed by atoms with van der Waals surface area (Å²) in [6, 6.07) is 0. The molecule has 0 bridgehead atoms. The van der Waals surface area contributed by atoms with Crippen LogP contribution in [0.5, 0.6) is 0 Å². The minimum atomic E-state index is 0. The van der Waals surface area contributed by atoms with E-state index < -0.39 is 0 Å². The van der Waals surface area contributed by atoms with Crippen molar-refractivity contribution in [3.8, 4) is 0 Å². The van der Waals surface area contributed by atoms with Crippen LogP contribution in [0.25, 0.3) is 0 Å². The van der Waals surface area contributed by atoms with E-state index >= 15 is 0 Å². The summed E-state index contributed by atoms with van der Waals surface area (Å²) < 4.78 is 0. The summed E-state index contributed by atoms with van der Waals surface area (Å²) in [6.07, 6.45) is 10.8. The van der Waals surface area contributed by atoms with E-state index in [1.54, 1.807) is 11.5 Å². The fourth-order valence-corrected chi connectivity index (χ4v) is 2.62. The summed E-state index contributed by atoms with van der Waals surface area (Å²) in [6.45, 7) is 4.68. The Hall–Kier alpha value is 0.934. The van der Waals surface area contributed by atoms with Crippen LogP contribution in [-0.2, 0) is 21.7 Å². The first kappa shape index (κ1) is 22.1. The predicted molar refractivity (Wildman–Crippen MR) is 74.4 cm³/mol. The van der Waals surface area contributed by atoms with Crippen molar-refractivity contribution < 1.29 is 21.7 Å². The van der Waals surface area contributed by atoms with Gasteiger partial charge >= 0.3 is 0 Å². The average Bonchev–Trinajstić information content (AvgIpc) is 2.29. The zero-order chi connectivity index (χ0) is 8.55. The Morgan fingerprint density at radius 2 is 1.88 bits per heavy atom. The summed E-state index contributed by atoms with van der Waals surface area (Å²) in [5.74, 6) is 3.37.